The number of rotatable bonds is 7. The predicted molar refractivity (Wildman–Crippen MR) is 110 cm³/mol. The Morgan fingerprint density at radius 1 is 1.11 bits per heavy atom. The van der Waals surface area contributed by atoms with E-state index in [0.29, 0.717) is 28.5 Å². The molecule has 1 aliphatic heterocycles. The highest BCUT2D eigenvalue weighted by atomic mass is 35.5. The molecule has 1 aliphatic rings. The van der Waals surface area contributed by atoms with Gasteiger partial charge in [-0.1, -0.05) is 49.9 Å². The van der Waals surface area contributed by atoms with Gasteiger partial charge in [-0.15, -0.1) is 0 Å². The topological polar surface area (TPSA) is 61.4 Å². The first kappa shape index (κ1) is 19.2. The summed E-state index contributed by atoms with van der Waals surface area (Å²) in [6.45, 7) is 2.73. The molecule has 142 valence electrons. The van der Waals surface area contributed by atoms with Crippen LogP contribution in [0.15, 0.2) is 42.5 Å². The van der Waals surface area contributed by atoms with Crippen LogP contribution in [0.3, 0.4) is 0 Å². The summed E-state index contributed by atoms with van der Waals surface area (Å²) in [5.74, 6) is -0.398. The number of nitrogens with zero attached hydrogens (tertiary/aromatic N) is 1. The van der Waals surface area contributed by atoms with E-state index in [9.17, 15) is 9.59 Å². The predicted octanol–water partition coefficient (Wildman–Crippen LogP) is 4.74. The van der Waals surface area contributed by atoms with Gasteiger partial charge in [0.15, 0.2) is 0 Å². The van der Waals surface area contributed by atoms with Gasteiger partial charge in [0.2, 0.25) is 5.91 Å². The van der Waals surface area contributed by atoms with Gasteiger partial charge in [0.25, 0.3) is 5.91 Å². The van der Waals surface area contributed by atoms with Gasteiger partial charge in [0.1, 0.15) is 6.54 Å². The van der Waals surface area contributed by atoms with E-state index in [1.54, 1.807) is 18.2 Å². The highest BCUT2D eigenvalue weighted by Crippen LogP contribution is 2.37. The molecule has 0 spiro atoms. The number of anilines is 3. The molecule has 27 heavy (non-hydrogen) atoms. The number of hydrogen-bond acceptors (Lipinski definition) is 3. The van der Waals surface area contributed by atoms with E-state index in [1.165, 1.54) is 4.90 Å². The number of benzene rings is 2. The summed E-state index contributed by atoms with van der Waals surface area (Å²) in [4.78, 5) is 27.1. The summed E-state index contributed by atoms with van der Waals surface area (Å²) >= 11 is 6.16. The van der Waals surface area contributed by atoms with E-state index in [1.807, 2.05) is 24.3 Å². The van der Waals surface area contributed by atoms with Gasteiger partial charge < -0.3 is 10.6 Å². The van der Waals surface area contributed by atoms with Crippen LogP contribution in [0.1, 0.15) is 43.0 Å². The quantitative estimate of drug-likeness (QED) is 0.676. The van der Waals surface area contributed by atoms with E-state index < -0.39 is 0 Å². The second kappa shape index (κ2) is 8.91. The second-order valence-corrected chi connectivity index (χ2v) is 7.07. The van der Waals surface area contributed by atoms with Crippen molar-refractivity contribution >= 4 is 40.5 Å². The van der Waals surface area contributed by atoms with Gasteiger partial charge in [0.05, 0.1) is 22.6 Å². The fraction of sp³-hybridized carbons (Fsp3) is 0.333. The van der Waals surface area contributed by atoms with Crippen molar-refractivity contribution in [1.29, 1.82) is 0 Å². The Hall–Kier alpha value is -2.53. The van der Waals surface area contributed by atoms with Crippen molar-refractivity contribution in [3.8, 4) is 0 Å². The minimum atomic E-state index is -0.222. The molecule has 2 aromatic carbocycles. The zero-order valence-electron chi connectivity index (χ0n) is 15.4. The zero-order chi connectivity index (χ0) is 19.2. The Kier molecular flexibility index (Phi) is 6.35. The van der Waals surface area contributed by atoms with Crippen LogP contribution < -0.4 is 15.5 Å². The number of nitrogens with one attached hydrogen (secondary N) is 2. The number of carbonyl (C=O) groups excluding carboxylic acids is 2. The molecule has 0 saturated heterocycles. The number of halogens is 1. The normalized spacial score (nSPS) is 12.7. The standard InChI is InChI=1S/C21H24ClN3O2/c1-2-3-4-7-12-23-20(26)14-25-19-13-15(22)10-11-18(19)24-17-9-6-5-8-16(17)21(25)27/h5-6,8-11,13,24H,2-4,7,12,14H2,1H3,(H,23,26). The molecule has 0 fully saturated rings. The lowest BCUT2D eigenvalue weighted by Gasteiger charge is -2.22. The molecule has 6 heteroatoms. The molecule has 1 heterocycles. The summed E-state index contributed by atoms with van der Waals surface area (Å²) in [7, 11) is 0. The number of carbonyl (C=O) groups is 2. The summed E-state index contributed by atoms with van der Waals surface area (Å²) < 4.78 is 0. The molecule has 3 rings (SSSR count). The van der Waals surface area contributed by atoms with Crippen molar-refractivity contribution in [2.45, 2.75) is 32.6 Å². The summed E-state index contributed by atoms with van der Waals surface area (Å²) in [6, 6.07) is 12.6. The van der Waals surface area contributed by atoms with Crippen molar-refractivity contribution < 1.29 is 9.59 Å². The van der Waals surface area contributed by atoms with Crippen molar-refractivity contribution in [3.05, 3.63) is 53.1 Å². The van der Waals surface area contributed by atoms with E-state index in [0.717, 1.165) is 31.4 Å². The molecular formula is C21H24ClN3O2. The molecule has 5 nitrogen and oxygen atoms in total. The lowest BCUT2D eigenvalue weighted by Crippen LogP contribution is -2.41. The smallest absolute Gasteiger partial charge is 0.260 e. The molecule has 2 amide bonds. The third-order valence-corrected chi connectivity index (χ3v) is 4.81. The molecular weight excluding hydrogens is 362 g/mol. The van der Waals surface area contributed by atoms with Crippen molar-refractivity contribution in [3.63, 3.8) is 0 Å². The maximum absolute atomic E-state index is 13.1. The molecule has 0 aromatic heterocycles. The van der Waals surface area contributed by atoms with E-state index in [4.69, 9.17) is 11.6 Å². The Bertz CT molecular complexity index is 838. The van der Waals surface area contributed by atoms with Gasteiger partial charge in [-0.25, -0.2) is 0 Å². The summed E-state index contributed by atoms with van der Waals surface area (Å²) in [6.07, 6.45) is 4.35. The summed E-state index contributed by atoms with van der Waals surface area (Å²) in [5, 5.41) is 6.70. The van der Waals surface area contributed by atoms with E-state index in [2.05, 4.69) is 17.6 Å². The lowest BCUT2D eigenvalue weighted by molar-refractivity contribution is -0.119. The fourth-order valence-electron chi connectivity index (χ4n) is 3.15. The van der Waals surface area contributed by atoms with Crippen LogP contribution in [0.2, 0.25) is 5.02 Å². The van der Waals surface area contributed by atoms with Crippen molar-refractivity contribution in [2.24, 2.45) is 0 Å². The van der Waals surface area contributed by atoms with Gasteiger partial charge in [-0.3, -0.25) is 14.5 Å². The number of unbranched alkanes of at least 4 members (excludes halogenated alkanes) is 3. The third-order valence-electron chi connectivity index (χ3n) is 4.58. The van der Waals surface area contributed by atoms with Crippen LogP contribution >= 0.6 is 11.6 Å². The van der Waals surface area contributed by atoms with Crippen LogP contribution in [0.5, 0.6) is 0 Å². The van der Waals surface area contributed by atoms with E-state index in [-0.39, 0.29) is 18.4 Å². The fourth-order valence-corrected chi connectivity index (χ4v) is 3.31. The first-order valence-electron chi connectivity index (χ1n) is 9.34. The lowest BCUT2D eigenvalue weighted by atomic mass is 10.1. The first-order chi connectivity index (χ1) is 13.1. The van der Waals surface area contributed by atoms with Crippen LogP contribution in [0.25, 0.3) is 0 Å². The van der Waals surface area contributed by atoms with Crippen LogP contribution in [-0.4, -0.2) is 24.9 Å². The molecule has 0 atom stereocenters. The summed E-state index contributed by atoms with van der Waals surface area (Å²) in [5.41, 5.74) is 2.59. The molecule has 0 saturated carbocycles. The first-order valence-corrected chi connectivity index (χ1v) is 9.72. The average Bonchev–Trinajstić information content (AvgIpc) is 2.77. The Labute approximate surface area is 164 Å². The van der Waals surface area contributed by atoms with Gasteiger partial charge in [0, 0.05) is 11.6 Å². The minimum absolute atomic E-state index is 0.0457. The number of para-hydroxylation sites is 1. The Morgan fingerprint density at radius 3 is 2.74 bits per heavy atom. The number of amides is 2. The Balaban J connectivity index is 1.81. The minimum Gasteiger partial charge on any atom is -0.355 e. The monoisotopic (exact) mass is 385 g/mol. The Morgan fingerprint density at radius 2 is 1.93 bits per heavy atom. The SMILES string of the molecule is CCCCCCNC(=O)CN1C(=O)c2ccccc2Nc2ccc(Cl)cc21. The largest absolute Gasteiger partial charge is 0.355 e. The molecule has 0 unspecified atom stereocenters. The van der Waals surface area contributed by atoms with Crippen molar-refractivity contribution in [2.75, 3.05) is 23.3 Å². The highest BCUT2D eigenvalue weighted by Gasteiger charge is 2.28. The zero-order valence-corrected chi connectivity index (χ0v) is 16.2. The van der Waals surface area contributed by atoms with Crippen LogP contribution in [0, 0.1) is 0 Å². The molecule has 2 N–H and O–H groups in total. The second-order valence-electron chi connectivity index (χ2n) is 6.63. The van der Waals surface area contributed by atoms with Crippen LogP contribution in [-0.2, 0) is 4.79 Å². The van der Waals surface area contributed by atoms with Gasteiger partial charge >= 0.3 is 0 Å². The van der Waals surface area contributed by atoms with E-state index >= 15 is 0 Å². The molecule has 0 aliphatic carbocycles. The number of fused-ring (bicyclic) bond motifs is 2. The molecule has 2 aromatic rings. The number of hydrogen-bond donors (Lipinski definition) is 2. The maximum atomic E-state index is 13.1. The van der Waals surface area contributed by atoms with Gasteiger partial charge in [-0.05, 0) is 36.8 Å². The van der Waals surface area contributed by atoms with Crippen molar-refractivity contribution in [1.82, 2.24) is 5.32 Å². The molecule has 0 radical (unpaired) electrons. The third kappa shape index (κ3) is 4.61. The van der Waals surface area contributed by atoms with Gasteiger partial charge in [-0.2, -0.15) is 0 Å². The molecule has 0 bridgehead atoms. The van der Waals surface area contributed by atoms with Crippen LogP contribution in [0.4, 0.5) is 17.1 Å². The average molecular weight is 386 g/mol. The maximum Gasteiger partial charge on any atom is 0.260 e. The highest BCUT2D eigenvalue weighted by molar-refractivity contribution is 6.31.